The van der Waals surface area contributed by atoms with Crippen LogP contribution in [0.25, 0.3) is 0 Å². The van der Waals surface area contributed by atoms with Gasteiger partial charge in [-0.05, 0) is 24.5 Å². The van der Waals surface area contributed by atoms with Gasteiger partial charge in [-0.2, -0.15) is 11.8 Å². The van der Waals surface area contributed by atoms with Crippen LogP contribution in [0.4, 0.5) is 5.69 Å². The highest BCUT2D eigenvalue weighted by molar-refractivity contribution is 7.98. The first-order valence-electron chi connectivity index (χ1n) is 5.91. The first-order valence-corrected chi connectivity index (χ1v) is 7.30. The van der Waals surface area contributed by atoms with Crippen LogP contribution < -0.4 is 4.90 Å². The molecule has 4 heteroatoms. The van der Waals surface area contributed by atoms with E-state index in [4.69, 9.17) is 5.21 Å². The van der Waals surface area contributed by atoms with Crippen molar-refractivity contribution >= 4 is 23.2 Å². The summed E-state index contributed by atoms with van der Waals surface area (Å²) in [6, 6.07) is 8.18. The fraction of sp³-hybridized carbons (Fsp3) is 0.462. The molecule has 92 valence electrons. The van der Waals surface area contributed by atoms with Gasteiger partial charge in [0.15, 0.2) is 0 Å². The zero-order valence-electron chi connectivity index (χ0n) is 10.1. The lowest BCUT2D eigenvalue weighted by atomic mass is 9.99. The van der Waals surface area contributed by atoms with Crippen molar-refractivity contribution in [2.24, 2.45) is 5.16 Å². The van der Waals surface area contributed by atoms with E-state index in [9.17, 15) is 0 Å². The zero-order valence-corrected chi connectivity index (χ0v) is 10.9. The van der Waals surface area contributed by atoms with Crippen molar-refractivity contribution in [3.63, 3.8) is 0 Å². The van der Waals surface area contributed by atoms with Crippen molar-refractivity contribution in [1.29, 1.82) is 0 Å². The van der Waals surface area contributed by atoms with Gasteiger partial charge in [0.25, 0.3) is 0 Å². The van der Waals surface area contributed by atoms with Crippen LogP contribution in [0.3, 0.4) is 0 Å². The quantitative estimate of drug-likeness (QED) is 0.507. The predicted octanol–water partition coefficient (Wildman–Crippen LogP) is 2.83. The predicted molar refractivity (Wildman–Crippen MR) is 74.6 cm³/mol. The third-order valence-corrected chi connectivity index (χ3v) is 3.77. The Morgan fingerprint density at radius 1 is 1.41 bits per heavy atom. The first-order chi connectivity index (χ1) is 8.36. The summed E-state index contributed by atoms with van der Waals surface area (Å²) in [7, 11) is 0. The Bertz CT molecular complexity index is 406. The molecule has 1 aromatic carbocycles. The summed E-state index contributed by atoms with van der Waals surface area (Å²) in [5.41, 5.74) is 3.08. The van der Waals surface area contributed by atoms with E-state index in [0.717, 1.165) is 30.8 Å². The average molecular weight is 250 g/mol. The Kier molecular flexibility index (Phi) is 4.31. The Labute approximate surface area is 107 Å². The minimum atomic E-state index is 0.807. The number of anilines is 1. The van der Waals surface area contributed by atoms with E-state index in [2.05, 4.69) is 22.4 Å². The summed E-state index contributed by atoms with van der Waals surface area (Å²) >= 11 is 1.89. The minimum Gasteiger partial charge on any atom is -0.411 e. The standard InChI is InChI=1S/C13H18N2OS/c1-17-10-4-8-15-9-7-12(14-16)11-5-2-3-6-13(11)15/h2-3,5-6,16H,4,7-10H2,1H3/b14-12-. The second-order valence-corrected chi connectivity index (χ2v) is 5.13. The van der Waals surface area contributed by atoms with Crippen molar-refractivity contribution in [3.8, 4) is 0 Å². The maximum Gasteiger partial charge on any atom is 0.0906 e. The molecular formula is C13H18N2OS. The van der Waals surface area contributed by atoms with E-state index in [1.807, 2.05) is 30.0 Å². The highest BCUT2D eigenvalue weighted by atomic mass is 32.2. The minimum absolute atomic E-state index is 0.807. The van der Waals surface area contributed by atoms with Crippen molar-refractivity contribution in [3.05, 3.63) is 29.8 Å². The van der Waals surface area contributed by atoms with Crippen LogP contribution in [0.1, 0.15) is 18.4 Å². The molecule has 0 saturated carbocycles. The molecule has 3 nitrogen and oxygen atoms in total. The average Bonchev–Trinajstić information content (AvgIpc) is 2.39. The topological polar surface area (TPSA) is 35.8 Å². The molecule has 0 unspecified atom stereocenters. The summed E-state index contributed by atoms with van der Waals surface area (Å²) in [6.07, 6.45) is 4.16. The molecule has 0 saturated heterocycles. The maximum atomic E-state index is 9.00. The van der Waals surface area contributed by atoms with E-state index in [-0.39, 0.29) is 0 Å². The third kappa shape index (κ3) is 2.75. The van der Waals surface area contributed by atoms with E-state index < -0.39 is 0 Å². The lowest BCUT2D eigenvalue weighted by Crippen LogP contribution is -2.33. The fourth-order valence-corrected chi connectivity index (χ4v) is 2.64. The van der Waals surface area contributed by atoms with Crippen LogP contribution in [0.5, 0.6) is 0 Å². The Balaban J connectivity index is 2.16. The molecule has 0 radical (unpaired) electrons. The van der Waals surface area contributed by atoms with Gasteiger partial charge in [0.05, 0.1) is 5.71 Å². The van der Waals surface area contributed by atoms with E-state index in [1.165, 1.54) is 17.9 Å². The largest absolute Gasteiger partial charge is 0.411 e. The lowest BCUT2D eigenvalue weighted by Gasteiger charge is -2.31. The van der Waals surface area contributed by atoms with Gasteiger partial charge in [-0.25, -0.2) is 0 Å². The molecule has 17 heavy (non-hydrogen) atoms. The highest BCUT2D eigenvalue weighted by Gasteiger charge is 2.20. The van der Waals surface area contributed by atoms with Gasteiger partial charge in [-0.3, -0.25) is 0 Å². The number of para-hydroxylation sites is 1. The molecule has 0 atom stereocenters. The van der Waals surface area contributed by atoms with Crippen molar-refractivity contribution in [2.75, 3.05) is 30.0 Å². The SMILES string of the molecule is CSCCCN1CC/C(=N/O)c2ccccc21. The molecule has 1 N–H and O–H groups in total. The number of nitrogens with zero attached hydrogens (tertiary/aromatic N) is 2. The van der Waals surface area contributed by atoms with Gasteiger partial charge in [-0.1, -0.05) is 23.4 Å². The normalized spacial score (nSPS) is 17.2. The van der Waals surface area contributed by atoms with Gasteiger partial charge in [-0.15, -0.1) is 0 Å². The molecule has 0 spiro atoms. The summed E-state index contributed by atoms with van der Waals surface area (Å²) in [6.45, 7) is 2.03. The lowest BCUT2D eigenvalue weighted by molar-refractivity contribution is 0.317. The third-order valence-electron chi connectivity index (χ3n) is 3.07. The van der Waals surface area contributed by atoms with Crippen molar-refractivity contribution in [2.45, 2.75) is 12.8 Å². The molecule has 1 heterocycles. The number of hydrogen-bond donors (Lipinski definition) is 1. The molecule has 0 aromatic heterocycles. The van der Waals surface area contributed by atoms with Crippen LogP contribution in [0, 0.1) is 0 Å². The first kappa shape index (κ1) is 12.3. The van der Waals surface area contributed by atoms with Crippen molar-refractivity contribution in [1.82, 2.24) is 0 Å². The number of thioether (sulfide) groups is 1. The van der Waals surface area contributed by atoms with Crippen molar-refractivity contribution < 1.29 is 5.21 Å². The van der Waals surface area contributed by atoms with Gasteiger partial charge in [0.2, 0.25) is 0 Å². The summed E-state index contributed by atoms with van der Waals surface area (Å²) in [4.78, 5) is 2.39. The van der Waals surface area contributed by atoms with Crippen LogP contribution in [-0.2, 0) is 0 Å². The fourth-order valence-electron chi connectivity index (χ4n) is 2.23. The molecule has 2 rings (SSSR count). The Morgan fingerprint density at radius 2 is 2.24 bits per heavy atom. The summed E-state index contributed by atoms with van der Waals surface area (Å²) < 4.78 is 0. The maximum absolute atomic E-state index is 9.00. The Morgan fingerprint density at radius 3 is 3.00 bits per heavy atom. The van der Waals surface area contributed by atoms with E-state index >= 15 is 0 Å². The number of rotatable bonds is 4. The van der Waals surface area contributed by atoms with Crippen LogP contribution in [0.2, 0.25) is 0 Å². The molecule has 1 aromatic rings. The smallest absolute Gasteiger partial charge is 0.0906 e. The molecule has 0 bridgehead atoms. The molecule has 1 aliphatic rings. The van der Waals surface area contributed by atoms with Gasteiger partial charge >= 0.3 is 0 Å². The van der Waals surface area contributed by atoms with Gasteiger partial charge < -0.3 is 10.1 Å². The van der Waals surface area contributed by atoms with Crippen LogP contribution in [0.15, 0.2) is 29.4 Å². The monoisotopic (exact) mass is 250 g/mol. The van der Waals surface area contributed by atoms with Gasteiger partial charge in [0, 0.05) is 30.8 Å². The Hall–Kier alpha value is -1.16. The molecule has 0 aliphatic carbocycles. The zero-order chi connectivity index (χ0) is 12.1. The summed E-state index contributed by atoms with van der Waals surface area (Å²) in [5, 5.41) is 12.4. The van der Waals surface area contributed by atoms with E-state index in [1.54, 1.807) is 0 Å². The highest BCUT2D eigenvalue weighted by Crippen LogP contribution is 2.27. The molecule has 0 fully saturated rings. The summed E-state index contributed by atoms with van der Waals surface area (Å²) in [5.74, 6) is 1.19. The van der Waals surface area contributed by atoms with E-state index in [0.29, 0.717) is 0 Å². The number of benzene rings is 1. The van der Waals surface area contributed by atoms with Crippen LogP contribution >= 0.6 is 11.8 Å². The number of hydrogen-bond acceptors (Lipinski definition) is 4. The molecular weight excluding hydrogens is 232 g/mol. The second-order valence-electron chi connectivity index (χ2n) is 4.15. The molecule has 1 aliphatic heterocycles. The van der Waals surface area contributed by atoms with Crippen LogP contribution in [-0.4, -0.2) is 36.0 Å². The second kappa shape index (κ2) is 5.96. The van der Waals surface area contributed by atoms with Gasteiger partial charge in [0.1, 0.15) is 0 Å². The number of fused-ring (bicyclic) bond motifs is 1. The molecule has 0 amide bonds. The number of oxime groups is 1.